The van der Waals surface area contributed by atoms with E-state index in [2.05, 4.69) is 30.8 Å². The van der Waals surface area contributed by atoms with Gasteiger partial charge in [0, 0.05) is 12.2 Å². The molecule has 0 amide bonds. The Labute approximate surface area is 78.4 Å². The van der Waals surface area contributed by atoms with Crippen molar-refractivity contribution in [1.29, 1.82) is 0 Å². The highest BCUT2D eigenvalue weighted by Crippen LogP contribution is 2.08. The Balaban J connectivity index is 2.96. The minimum Gasteiger partial charge on any atom is -0.384 e. The second-order valence-electron chi connectivity index (χ2n) is 3.16. The summed E-state index contributed by atoms with van der Waals surface area (Å²) >= 11 is 0. The van der Waals surface area contributed by atoms with E-state index < -0.39 is 0 Å². The highest BCUT2D eigenvalue weighted by molar-refractivity contribution is 5.35. The van der Waals surface area contributed by atoms with Crippen LogP contribution in [0, 0.1) is 18.8 Å². The second-order valence-corrected chi connectivity index (χ2v) is 3.16. The van der Waals surface area contributed by atoms with Crippen LogP contribution in [0.3, 0.4) is 0 Å². The molecule has 1 N–H and O–H groups in total. The van der Waals surface area contributed by atoms with Crippen molar-refractivity contribution in [3.63, 3.8) is 0 Å². The van der Waals surface area contributed by atoms with Gasteiger partial charge >= 0.3 is 0 Å². The first-order valence-electron chi connectivity index (χ1n) is 4.30. The number of rotatable bonds is 1. The van der Waals surface area contributed by atoms with Gasteiger partial charge in [0.05, 0.1) is 11.3 Å². The van der Waals surface area contributed by atoms with Gasteiger partial charge in [0.25, 0.3) is 0 Å². The summed E-state index contributed by atoms with van der Waals surface area (Å²) in [5.41, 5.74) is 1.80. The molecule has 0 radical (unpaired) electrons. The molecule has 0 bridgehead atoms. The first kappa shape index (κ1) is 9.82. The van der Waals surface area contributed by atoms with Crippen molar-refractivity contribution in [1.82, 2.24) is 9.78 Å². The Bertz CT molecular complexity index is 342. The molecule has 0 spiro atoms. The van der Waals surface area contributed by atoms with Crippen LogP contribution in [-0.4, -0.2) is 21.5 Å². The predicted octanol–water partition coefficient (Wildman–Crippen LogP) is 1.12. The maximum atomic E-state index is 8.53. The number of nitrogens with zero attached hydrogens (tertiary/aromatic N) is 2. The number of aryl methyl sites for hydroxylation is 1. The van der Waals surface area contributed by atoms with Gasteiger partial charge in [0.15, 0.2) is 0 Å². The van der Waals surface area contributed by atoms with E-state index in [4.69, 9.17) is 5.11 Å². The van der Waals surface area contributed by atoms with Crippen LogP contribution < -0.4 is 0 Å². The van der Waals surface area contributed by atoms with E-state index in [0.717, 1.165) is 11.3 Å². The van der Waals surface area contributed by atoms with Crippen molar-refractivity contribution in [3.05, 3.63) is 17.5 Å². The zero-order valence-corrected chi connectivity index (χ0v) is 8.20. The molecule has 0 atom stereocenters. The standard InChI is InChI=1S/C10H14N2O/c1-8(2)12-7-10(5-4-6-13)9(3)11-12/h7-8,13H,6H2,1-3H3. The molecule has 0 unspecified atom stereocenters. The number of hydrogen-bond donors (Lipinski definition) is 1. The van der Waals surface area contributed by atoms with Gasteiger partial charge in [0.2, 0.25) is 0 Å². The van der Waals surface area contributed by atoms with E-state index in [1.165, 1.54) is 0 Å². The van der Waals surface area contributed by atoms with E-state index in [0.29, 0.717) is 6.04 Å². The molecule has 0 aliphatic heterocycles. The Morgan fingerprint density at radius 3 is 2.77 bits per heavy atom. The Morgan fingerprint density at radius 2 is 2.31 bits per heavy atom. The summed E-state index contributed by atoms with van der Waals surface area (Å²) in [4.78, 5) is 0. The van der Waals surface area contributed by atoms with Crippen LogP contribution in [0.4, 0.5) is 0 Å². The molecule has 0 saturated carbocycles. The quantitative estimate of drug-likeness (QED) is 0.654. The van der Waals surface area contributed by atoms with Gasteiger partial charge in [-0.25, -0.2) is 0 Å². The van der Waals surface area contributed by atoms with E-state index in [9.17, 15) is 0 Å². The molecule has 0 aliphatic rings. The van der Waals surface area contributed by atoms with Crippen LogP contribution in [0.2, 0.25) is 0 Å². The monoisotopic (exact) mass is 178 g/mol. The lowest BCUT2D eigenvalue weighted by Gasteiger charge is -2.02. The van der Waals surface area contributed by atoms with E-state index >= 15 is 0 Å². The molecule has 0 fully saturated rings. The highest BCUT2D eigenvalue weighted by Gasteiger charge is 2.03. The molecular formula is C10H14N2O. The van der Waals surface area contributed by atoms with Crippen LogP contribution >= 0.6 is 0 Å². The molecular weight excluding hydrogens is 164 g/mol. The topological polar surface area (TPSA) is 38.0 Å². The summed E-state index contributed by atoms with van der Waals surface area (Å²) in [5.74, 6) is 5.46. The van der Waals surface area contributed by atoms with Gasteiger partial charge in [-0.1, -0.05) is 11.8 Å². The minimum atomic E-state index is -0.105. The van der Waals surface area contributed by atoms with Crippen LogP contribution in [0.25, 0.3) is 0 Å². The summed E-state index contributed by atoms with van der Waals surface area (Å²) in [6.45, 7) is 5.94. The van der Waals surface area contributed by atoms with Crippen molar-refractivity contribution in [2.24, 2.45) is 0 Å². The maximum absolute atomic E-state index is 8.53. The van der Waals surface area contributed by atoms with Crippen molar-refractivity contribution in [2.45, 2.75) is 26.8 Å². The van der Waals surface area contributed by atoms with E-state index in [-0.39, 0.29) is 6.61 Å². The molecule has 3 nitrogen and oxygen atoms in total. The van der Waals surface area contributed by atoms with Crippen molar-refractivity contribution in [3.8, 4) is 11.8 Å². The maximum Gasteiger partial charge on any atom is 0.104 e. The fourth-order valence-corrected chi connectivity index (χ4v) is 1.00. The van der Waals surface area contributed by atoms with Crippen LogP contribution in [0.5, 0.6) is 0 Å². The summed E-state index contributed by atoms with van der Waals surface area (Å²) < 4.78 is 1.87. The third-order valence-electron chi connectivity index (χ3n) is 1.75. The number of aliphatic hydroxyl groups excluding tert-OH is 1. The molecule has 1 aromatic rings. The van der Waals surface area contributed by atoms with Gasteiger partial charge < -0.3 is 5.11 Å². The molecule has 1 heterocycles. The molecule has 0 aromatic carbocycles. The second kappa shape index (κ2) is 4.11. The van der Waals surface area contributed by atoms with Gasteiger partial charge in [0.1, 0.15) is 6.61 Å². The Morgan fingerprint density at radius 1 is 1.62 bits per heavy atom. The molecule has 0 aliphatic carbocycles. The van der Waals surface area contributed by atoms with E-state index in [1.807, 2.05) is 17.8 Å². The van der Waals surface area contributed by atoms with Gasteiger partial charge in [-0.15, -0.1) is 0 Å². The van der Waals surface area contributed by atoms with Crippen LogP contribution in [0.1, 0.15) is 31.1 Å². The number of aromatic nitrogens is 2. The summed E-state index contributed by atoms with van der Waals surface area (Å²) in [6, 6.07) is 0.350. The Hall–Kier alpha value is -1.27. The first-order chi connectivity index (χ1) is 6.15. The molecule has 1 aromatic heterocycles. The SMILES string of the molecule is Cc1nn(C(C)C)cc1C#CCO. The van der Waals surface area contributed by atoms with Crippen molar-refractivity contribution < 1.29 is 5.11 Å². The molecule has 3 heteroatoms. The number of hydrogen-bond acceptors (Lipinski definition) is 2. The zero-order valence-electron chi connectivity index (χ0n) is 8.20. The molecule has 1 rings (SSSR count). The normalized spacial score (nSPS) is 9.92. The summed E-state index contributed by atoms with van der Waals surface area (Å²) in [6.07, 6.45) is 1.91. The smallest absolute Gasteiger partial charge is 0.104 e. The average Bonchev–Trinajstić information content (AvgIpc) is 2.44. The van der Waals surface area contributed by atoms with Crippen LogP contribution in [-0.2, 0) is 0 Å². The van der Waals surface area contributed by atoms with E-state index in [1.54, 1.807) is 0 Å². The van der Waals surface area contributed by atoms with Gasteiger partial charge in [-0.2, -0.15) is 5.10 Å². The lowest BCUT2D eigenvalue weighted by atomic mass is 10.3. The first-order valence-corrected chi connectivity index (χ1v) is 4.30. The van der Waals surface area contributed by atoms with Crippen LogP contribution in [0.15, 0.2) is 6.20 Å². The van der Waals surface area contributed by atoms with Crippen molar-refractivity contribution in [2.75, 3.05) is 6.61 Å². The molecule has 70 valence electrons. The molecule has 0 saturated heterocycles. The summed E-state index contributed by atoms with van der Waals surface area (Å²) in [7, 11) is 0. The summed E-state index contributed by atoms with van der Waals surface area (Å²) in [5, 5.41) is 12.8. The third-order valence-corrected chi connectivity index (χ3v) is 1.75. The highest BCUT2D eigenvalue weighted by atomic mass is 16.2. The zero-order chi connectivity index (χ0) is 9.84. The van der Waals surface area contributed by atoms with Crippen molar-refractivity contribution >= 4 is 0 Å². The third kappa shape index (κ3) is 2.33. The number of aliphatic hydroxyl groups is 1. The lowest BCUT2D eigenvalue weighted by molar-refractivity contribution is 0.350. The predicted molar refractivity (Wildman–Crippen MR) is 51.3 cm³/mol. The average molecular weight is 178 g/mol. The Kier molecular flexibility index (Phi) is 3.10. The van der Waals surface area contributed by atoms with Gasteiger partial charge in [-0.3, -0.25) is 4.68 Å². The fourth-order valence-electron chi connectivity index (χ4n) is 1.00. The van der Waals surface area contributed by atoms with Gasteiger partial charge in [-0.05, 0) is 20.8 Å². The fraction of sp³-hybridized carbons (Fsp3) is 0.500. The lowest BCUT2D eigenvalue weighted by Crippen LogP contribution is -2.00. The largest absolute Gasteiger partial charge is 0.384 e. The molecule has 13 heavy (non-hydrogen) atoms. The minimum absolute atomic E-state index is 0.105.